The second-order valence-electron chi connectivity index (χ2n) is 4.71. The van der Waals surface area contributed by atoms with E-state index in [1.807, 2.05) is 4.72 Å². The van der Waals surface area contributed by atoms with Crippen LogP contribution in [-0.2, 0) is 21.4 Å². The van der Waals surface area contributed by atoms with Gasteiger partial charge in [-0.3, -0.25) is 14.2 Å². The number of rotatable bonds is 5. The van der Waals surface area contributed by atoms with Gasteiger partial charge in [-0.2, -0.15) is 5.10 Å². The fourth-order valence-corrected chi connectivity index (χ4v) is 3.05. The number of aromatic nitrogens is 2. The standard InChI is InChI=1S/C13H14F2N4O3S/c1-8-3-4-10(14)13(12(8)15)23(21,22)18-9-5-17-19(6-9)7-11(20)16-2/h3-6,18H,7H2,1-2H3,(H,16,20). The Morgan fingerprint density at radius 2 is 2.04 bits per heavy atom. The summed E-state index contributed by atoms with van der Waals surface area (Å²) in [5.41, 5.74) is -0.0173. The van der Waals surface area contributed by atoms with Gasteiger partial charge in [0.25, 0.3) is 10.0 Å². The molecule has 2 N–H and O–H groups in total. The Morgan fingerprint density at radius 3 is 2.70 bits per heavy atom. The van der Waals surface area contributed by atoms with Crippen molar-refractivity contribution in [3.63, 3.8) is 0 Å². The Hall–Kier alpha value is -2.49. The minimum atomic E-state index is -4.47. The second-order valence-corrected chi connectivity index (χ2v) is 6.33. The molecule has 2 rings (SSSR count). The molecule has 0 aliphatic carbocycles. The maximum Gasteiger partial charge on any atom is 0.267 e. The van der Waals surface area contributed by atoms with Crippen LogP contribution in [0.3, 0.4) is 0 Å². The Bertz CT molecular complexity index is 849. The molecule has 0 radical (unpaired) electrons. The summed E-state index contributed by atoms with van der Waals surface area (Å²) in [6.45, 7) is 1.21. The number of sulfonamides is 1. The number of nitrogens with one attached hydrogen (secondary N) is 2. The van der Waals surface area contributed by atoms with Crippen LogP contribution in [0.25, 0.3) is 0 Å². The van der Waals surface area contributed by atoms with Crippen LogP contribution in [0.5, 0.6) is 0 Å². The maximum absolute atomic E-state index is 14.0. The first-order valence-corrected chi connectivity index (χ1v) is 7.93. The minimum absolute atomic E-state index is 0.00193. The molecule has 0 spiro atoms. The molecule has 0 atom stereocenters. The average molecular weight is 344 g/mol. The van der Waals surface area contributed by atoms with E-state index in [0.29, 0.717) is 0 Å². The van der Waals surface area contributed by atoms with E-state index < -0.39 is 26.6 Å². The van der Waals surface area contributed by atoms with Crippen molar-refractivity contribution in [2.45, 2.75) is 18.4 Å². The number of amides is 1. The zero-order chi connectivity index (χ0) is 17.2. The van der Waals surface area contributed by atoms with Gasteiger partial charge in [0.05, 0.1) is 11.9 Å². The number of carbonyl (C=O) groups excluding carboxylic acids is 1. The molecule has 0 saturated heterocycles. The van der Waals surface area contributed by atoms with E-state index in [0.717, 1.165) is 18.3 Å². The summed E-state index contributed by atoms with van der Waals surface area (Å²) in [6, 6.07) is 2.02. The smallest absolute Gasteiger partial charge is 0.267 e. The van der Waals surface area contributed by atoms with Gasteiger partial charge in [-0.25, -0.2) is 17.2 Å². The molecule has 0 fully saturated rings. The normalized spacial score (nSPS) is 11.3. The van der Waals surface area contributed by atoms with Gasteiger partial charge in [-0.15, -0.1) is 0 Å². The third-order valence-electron chi connectivity index (χ3n) is 2.98. The predicted molar refractivity (Wildman–Crippen MR) is 78.2 cm³/mol. The Morgan fingerprint density at radius 1 is 1.35 bits per heavy atom. The molecule has 7 nitrogen and oxygen atoms in total. The summed E-state index contributed by atoms with van der Waals surface area (Å²) in [5, 5.41) is 6.17. The van der Waals surface area contributed by atoms with E-state index in [1.165, 1.54) is 24.9 Å². The van der Waals surface area contributed by atoms with Crippen LogP contribution in [0.4, 0.5) is 14.5 Å². The third-order valence-corrected chi connectivity index (χ3v) is 4.40. The zero-order valence-corrected chi connectivity index (χ0v) is 13.1. The summed E-state index contributed by atoms with van der Waals surface area (Å²) in [6.07, 6.45) is 2.37. The van der Waals surface area contributed by atoms with Crippen LogP contribution < -0.4 is 10.0 Å². The fourth-order valence-electron chi connectivity index (χ4n) is 1.81. The minimum Gasteiger partial charge on any atom is -0.358 e. The lowest BCUT2D eigenvalue weighted by atomic mass is 10.2. The van der Waals surface area contributed by atoms with Gasteiger partial charge in [-0.05, 0) is 18.6 Å². The van der Waals surface area contributed by atoms with Crippen molar-refractivity contribution in [3.05, 3.63) is 41.7 Å². The van der Waals surface area contributed by atoms with Crippen LogP contribution in [0.15, 0.2) is 29.4 Å². The van der Waals surface area contributed by atoms with Crippen molar-refractivity contribution in [2.24, 2.45) is 0 Å². The van der Waals surface area contributed by atoms with Gasteiger partial charge in [0.1, 0.15) is 18.2 Å². The van der Waals surface area contributed by atoms with Crippen molar-refractivity contribution >= 4 is 21.6 Å². The molecule has 0 bridgehead atoms. The van der Waals surface area contributed by atoms with Crippen LogP contribution in [-0.4, -0.2) is 31.2 Å². The van der Waals surface area contributed by atoms with Crippen molar-refractivity contribution in [1.29, 1.82) is 0 Å². The Balaban J connectivity index is 2.29. The first-order chi connectivity index (χ1) is 10.7. The van der Waals surface area contributed by atoms with Gasteiger partial charge in [0.15, 0.2) is 4.90 Å². The summed E-state index contributed by atoms with van der Waals surface area (Å²) in [7, 11) is -3.03. The molecule has 124 valence electrons. The number of hydrogen-bond donors (Lipinski definition) is 2. The lowest BCUT2D eigenvalue weighted by Crippen LogP contribution is -2.23. The molecule has 1 amide bonds. The molecule has 1 heterocycles. The molecule has 0 saturated carbocycles. The number of halogens is 2. The number of carbonyl (C=O) groups is 1. The van der Waals surface area contributed by atoms with E-state index in [-0.39, 0.29) is 23.7 Å². The highest BCUT2D eigenvalue weighted by Gasteiger charge is 2.25. The first-order valence-electron chi connectivity index (χ1n) is 6.45. The van der Waals surface area contributed by atoms with Crippen molar-refractivity contribution in [1.82, 2.24) is 15.1 Å². The molecule has 1 aromatic heterocycles. The van der Waals surface area contributed by atoms with Crippen molar-refractivity contribution < 1.29 is 22.0 Å². The monoisotopic (exact) mass is 344 g/mol. The van der Waals surface area contributed by atoms with Crippen LogP contribution >= 0.6 is 0 Å². The number of aryl methyl sites for hydroxylation is 1. The predicted octanol–water partition coefficient (Wildman–Crippen LogP) is 1.02. The quantitative estimate of drug-likeness (QED) is 0.847. The highest BCUT2D eigenvalue weighted by atomic mass is 32.2. The van der Waals surface area contributed by atoms with E-state index in [9.17, 15) is 22.0 Å². The Kier molecular flexibility index (Phi) is 4.64. The number of nitrogens with zero attached hydrogens (tertiary/aromatic N) is 2. The fraction of sp³-hybridized carbons (Fsp3) is 0.231. The summed E-state index contributed by atoms with van der Waals surface area (Å²) < 4.78 is 55.2. The van der Waals surface area contributed by atoms with Gasteiger partial charge in [0.2, 0.25) is 5.91 Å². The topological polar surface area (TPSA) is 93.1 Å². The largest absolute Gasteiger partial charge is 0.358 e. The average Bonchev–Trinajstić information content (AvgIpc) is 2.89. The van der Waals surface area contributed by atoms with Crippen molar-refractivity contribution in [3.8, 4) is 0 Å². The first kappa shape index (κ1) is 16.9. The highest BCUT2D eigenvalue weighted by Crippen LogP contribution is 2.23. The zero-order valence-electron chi connectivity index (χ0n) is 12.3. The molecule has 10 heteroatoms. The van der Waals surface area contributed by atoms with E-state index in [4.69, 9.17) is 0 Å². The van der Waals surface area contributed by atoms with E-state index in [2.05, 4.69) is 10.4 Å². The van der Waals surface area contributed by atoms with E-state index in [1.54, 1.807) is 0 Å². The molecular formula is C13H14F2N4O3S. The molecule has 23 heavy (non-hydrogen) atoms. The lowest BCUT2D eigenvalue weighted by Gasteiger charge is -2.09. The third kappa shape index (κ3) is 3.65. The number of hydrogen-bond acceptors (Lipinski definition) is 4. The van der Waals surface area contributed by atoms with Crippen LogP contribution in [0.2, 0.25) is 0 Å². The summed E-state index contributed by atoms with van der Waals surface area (Å²) in [5.74, 6) is -2.69. The molecule has 2 aromatic rings. The molecule has 0 aliphatic rings. The summed E-state index contributed by atoms with van der Waals surface area (Å²) >= 11 is 0. The SMILES string of the molecule is CNC(=O)Cn1cc(NS(=O)(=O)c2c(F)ccc(C)c2F)cn1. The molecule has 1 aromatic carbocycles. The molecular weight excluding hydrogens is 330 g/mol. The number of likely N-dealkylation sites (N-methyl/N-ethyl adjacent to an activating group) is 1. The van der Waals surface area contributed by atoms with Crippen LogP contribution in [0, 0.1) is 18.6 Å². The maximum atomic E-state index is 14.0. The highest BCUT2D eigenvalue weighted by molar-refractivity contribution is 7.92. The van der Waals surface area contributed by atoms with Crippen LogP contribution in [0.1, 0.15) is 5.56 Å². The number of benzene rings is 1. The Labute approximate surface area is 131 Å². The van der Waals surface area contributed by atoms with Gasteiger partial charge in [-0.1, -0.05) is 6.07 Å². The number of anilines is 1. The molecule has 0 unspecified atom stereocenters. The summed E-state index contributed by atoms with van der Waals surface area (Å²) in [4.78, 5) is 10.2. The van der Waals surface area contributed by atoms with Gasteiger partial charge < -0.3 is 5.32 Å². The van der Waals surface area contributed by atoms with Crippen molar-refractivity contribution in [2.75, 3.05) is 11.8 Å². The van der Waals surface area contributed by atoms with Gasteiger partial charge >= 0.3 is 0 Å². The van der Waals surface area contributed by atoms with Gasteiger partial charge in [0, 0.05) is 13.2 Å². The lowest BCUT2D eigenvalue weighted by molar-refractivity contribution is -0.121. The second kappa shape index (κ2) is 6.32. The molecule has 0 aliphatic heterocycles. The van der Waals surface area contributed by atoms with E-state index >= 15 is 0 Å².